The van der Waals surface area contributed by atoms with E-state index in [4.69, 9.17) is 62.7 Å². The first kappa shape index (κ1) is 20.9. The zero-order valence-corrected chi connectivity index (χ0v) is 17.6. The van der Waals surface area contributed by atoms with Crippen molar-refractivity contribution in [3.8, 4) is 17.2 Å². The molecular formula is C19H10Cl5NO3. The molecule has 1 amide bonds. The average molecular weight is 478 g/mol. The van der Waals surface area contributed by atoms with E-state index in [0.717, 1.165) is 0 Å². The second-order valence-electron chi connectivity index (χ2n) is 5.59. The van der Waals surface area contributed by atoms with Crippen molar-refractivity contribution in [1.82, 2.24) is 0 Å². The molecule has 0 aliphatic heterocycles. The fourth-order valence-corrected chi connectivity index (χ4v) is 3.53. The zero-order chi connectivity index (χ0) is 20.4. The molecule has 0 bridgehead atoms. The Morgan fingerprint density at radius 2 is 1.46 bits per heavy atom. The normalized spacial score (nSPS) is 10.6. The topological polar surface area (TPSA) is 58.6 Å². The highest BCUT2D eigenvalue weighted by Gasteiger charge is 2.16. The number of carbonyl (C=O) groups excluding carboxylic acids is 1. The van der Waals surface area contributed by atoms with Gasteiger partial charge in [-0.3, -0.25) is 4.79 Å². The molecule has 2 N–H and O–H groups in total. The molecule has 0 saturated heterocycles. The molecule has 0 unspecified atom stereocenters. The SMILES string of the molecule is O=C(Nc1ccc(Oc2cc(Cl)cc(Cl)c2)c(Cl)c1)c1cc(Cl)cc(Cl)c1O. The van der Waals surface area contributed by atoms with E-state index in [9.17, 15) is 9.90 Å². The standard InChI is InChI=1S/C19H10Cl5NO3/c20-9-3-10(21)5-13(4-9)28-17-2-1-12(8-15(17)23)25-19(27)14-6-11(22)7-16(24)18(14)26/h1-8,26H,(H,25,27). The lowest BCUT2D eigenvalue weighted by atomic mass is 10.1. The van der Waals surface area contributed by atoms with E-state index in [1.165, 1.54) is 18.2 Å². The Hall–Kier alpha value is -1.82. The van der Waals surface area contributed by atoms with Crippen molar-refractivity contribution in [1.29, 1.82) is 0 Å². The van der Waals surface area contributed by atoms with Crippen molar-refractivity contribution in [2.45, 2.75) is 0 Å². The number of phenolic OH excluding ortho intramolecular Hbond substituents is 1. The third kappa shape index (κ3) is 4.96. The third-order valence-corrected chi connectivity index (χ3v) is 4.76. The van der Waals surface area contributed by atoms with Crippen LogP contribution in [0, 0.1) is 0 Å². The predicted molar refractivity (Wildman–Crippen MR) is 114 cm³/mol. The summed E-state index contributed by atoms with van der Waals surface area (Å²) in [4.78, 5) is 12.4. The molecule has 144 valence electrons. The lowest BCUT2D eigenvalue weighted by Gasteiger charge is -2.12. The molecule has 0 spiro atoms. The van der Waals surface area contributed by atoms with Crippen molar-refractivity contribution in [2.24, 2.45) is 0 Å². The molecule has 0 aliphatic carbocycles. The number of rotatable bonds is 4. The van der Waals surface area contributed by atoms with E-state index < -0.39 is 5.91 Å². The van der Waals surface area contributed by atoms with Crippen LogP contribution in [0.3, 0.4) is 0 Å². The number of benzene rings is 3. The summed E-state index contributed by atoms with van der Waals surface area (Å²) < 4.78 is 5.68. The first-order valence-corrected chi connectivity index (χ1v) is 9.55. The van der Waals surface area contributed by atoms with E-state index in [1.807, 2.05) is 0 Å². The van der Waals surface area contributed by atoms with Gasteiger partial charge in [0.1, 0.15) is 17.2 Å². The maximum absolute atomic E-state index is 12.4. The number of phenols is 1. The third-order valence-electron chi connectivity index (χ3n) is 3.53. The first-order chi connectivity index (χ1) is 13.2. The van der Waals surface area contributed by atoms with Crippen molar-refractivity contribution in [2.75, 3.05) is 5.32 Å². The number of anilines is 1. The van der Waals surface area contributed by atoms with Crippen LogP contribution in [0.25, 0.3) is 0 Å². The molecule has 0 radical (unpaired) electrons. The van der Waals surface area contributed by atoms with E-state index in [1.54, 1.807) is 30.3 Å². The Kier molecular flexibility index (Phi) is 6.48. The van der Waals surface area contributed by atoms with Gasteiger partial charge >= 0.3 is 0 Å². The van der Waals surface area contributed by atoms with Gasteiger partial charge in [0.2, 0.25) is 0 Å². The molecule has 28 heavy (non-hydrogen) atoms. The van der Waals surface area contributed by atoms with Gasteiger partial charge in [-0.15, -0.1) is 0 Å². The van der Waals surface area contributed by atoms with Gasteiger partial charge in [-0.2, -0.15) is 0 Å². The summed E-state index contributed by atoms with van der Waals surface area (Å²) in [6.07, 6.45) is 0. The van der Waals surface area contributed by atoms with Gasteiger partial charge in [-0.05, 0) is 48.5 Å². The van der Waals surface area contributed by atoms with E-state index >= 15 is 0 Å². The summed E-state index contributed by atoms with van der Waals surface area (Å²) in [5, 5.41) is 13.8. The lowest BCUT2D eigenvalue weighted by Crippen LogP contribution is -2.12. The van der Waals surface area contributed by atoms with Crippen molar-refractivity contribution in [3.05, 3.63) is 79.2 Å². The minimum atomic E-state index is -0.603. The average Bonchev–Trinajstić information content (AvgIpc) is 2.59. The minimum absolute atomic E-state index is 0.0281. The summed E-state index contributed by atoms with van der Waals surface area (Å²) in [6, 6.07) is 12.0. The number of hydrogen-bond acceptors (Lipinski definition) is 3. The molecule has 0 fully saturated rings. The minimum Gasteiger partial charge on any atom is -0.506 e. The van der Waals surface area contributed by atoms with Gasteiger partial charge in [-0.1, -0.05) is 58.0 Å². The summed E-state index contributed by atoms with van der Waals surface area (Å²) in [7, 11) is 0. The van der Waals surface area contributed by atoms with Crippen LogP contribution in [-0.2, 0) is 0 Å². The fraction of sp³-hybridized carbons (Fsp3) is 0. The molecule has 0 aromatic heterocycles. The Bertz CT molecular complexity index is 1050. The highest BCUT2D eigenvalue weighted by Crippen LogP contribution is 2.35. The molecule has 0 heterocycles. The molecule has 3 aromatic carbocycles. The number of hydrogen-bond donors (Lipinski definition) is 2. The molecule has 0 saturated carbocycles. The molecule has 0 aliphatic rings. The fourth-order valence-electron chi connectivity index (χ4n) is 2.31. The Morgan fingerprint density at radius 3 is 2.11 bits per heavy atom. The Labute approximate surface area is 185 Å². The van der Waals surface area contributed by atoms with Crippen molar-refractivity contribution < 1.29 is 14.6 Å². The van der Waals surface area contributed by atoms with Gasteiger partial charge in [0.15, 0.2) is 0 Å². The number of aromatic hydroxyl groups is 1. The van der Waals surface area contributed by atoms with Gasteiger partial charge < -0.3 is 15.2 Å². The van der Waals surface area contributed by atoms with Gasteiger partial charge in [-0.25, -0.2) is 0 Å². The Morgan fingerprint density at radius 1 is 0.821 bits per heavy atom. The number of nitrogens with one attached hydrogen (secondary N) is 1. The smallest absolute Gasteiger partial charge is 0.259 e. The molecule has 3 aromatic rings. The van der Waals surface area contributed by atoms with Gasteiger partial charge in [0, 0.05) is 20.8 Å². The lowest BCUT2D eigenvalue weighted by molar-refractivity contribution is 0.102. The monoisotopic (exact) mass is 475 g/mol. The summed E-state index contributed by atoms with van der Waals surface area (Å²) >= 11 is 29.9. The van der Waals surface area contributed by atoms with E-state index in [-0.39, 0.29) is 26.4 Å². The summed E-state index contributed by atoms with van der Waals surface area (Å²) in [6.45, 7) is 0. The highest BCUT2D eigenvalue weighted by atomic mass is 35.5. The number of ether oxygens (including phenoxy) is 1. The molecular weight excluding hydrogens is 467 g/mol. The van der Waals surface area contributed by atoms with E-state index in [0.29, 0.717) is 27.2 Å². The quantitative estimate of drug-likeness (QED) is 0.405. The maximum Gasteiger partial charge on any atom is 0.259 e. The van der Waals surface area contributed by atoms with E-state index in [2.05, 4.69) is 5.32 Å². The van der Waals surface area contributed by atoms with Crippen LogP contribution in [0.1, 0.15) is 10.4 Å². The van der Waals surface area contributed by atoms with Crippen LogP contribution in [0.15, 0.2) is 48.5 Å². The van der Waals surface area contributed by atoms with Crippen LogP contribution in [0.2, 0.25) is 25.1 Å². The van der Waals surface area contributed by atoms with Crippen molar-refractivity contribution >= 4 is 69.6 Å². The first-order valence-electron chi connectivity index (χ1n) is 7.66. The number of amides is 1. The van der Waals surface area contributed by atoms with Gasteiger partial charge in [0.25, 0.3) is 5.91 Å². The Balaban J connectivity index is 1.80. The predicted octanol–water partition coefficient (Wildman–Crippen LogP) is 7.70. The van der Waals surface area contributed by atoms with Crippen LogP contribution < -0.4 is 10.1 Å². The number of halogens is 5. The van der Waals surface area contributed by atoms with Crippen LogP contribution in [0.5, 0.6) is 17.2 Å². The van der Waals surface area contributed by atoms with Crippen LogP contribution >= 0.6 is 58.0 Å². The van der Waals surface area contributed by atoms with Crippen molar-refractivity contribution in [3.63, 3.8) is 0 Å². The van der Waals surface area contributed by atoms with Crippen LogP contribution in [-0.4, -0.2) is 11.0 Å². The number of carbonyl (C=O) groups is 1. The second kappa shape index (κ2) is 8.68. The summed E-state index contributed by atoms with van der Waals surface area (Å²) in [5.74, 6) is -0.220. The molecule has 9 heteroatoms. The van der Waals surface area contributed by atoms with Gasteiger partial charge in [0.05, 0.1) is 15.6 Å². The molecule has 4 nitrogen and oxygen atoms in total. The van der Waals surface area contributed by atoms with Crippen LogP contribution in [0.4, 0.5) is 5.69 Å². The highest BCUT2D eigenvalue weighted by molar-refractivity contribution is 6.37. The summed E-state index contributed by atoms with van der Waals surface area (Å²) in [5.41, 5.74) is 0.310. The molecule has 3 rings (SSSR count). The largest absolute Gasteiger partial charge is 0.506 e. The second-order valence-corrected chi connectivity index (χ2v) is 7.71. The molecule has 0 atom stereocenters. The maximum atomic E-state index is 12.4. The zero-order valence-electron chi connectivity index (χ0n) is 13.8.